The molecule has 0 aromatic rings. The summed E-state index contributed by atoms with van der Waals surface area (Å²) in [5, 5.41) is 0. The molecule has 0 aromatic heterocycles. The number of ether oxygens (including phenoxy) is 3. The molecule has 0 bridgehead atoms. The number of hydrogen-bond donors (Lipinski definition) is 0. The van der Waals surface area contributed by atoms with Crippen molar-refractivity contribution in [3.8, 4) is 0 Å². The standard InChI is InChI=1S/C74H126O6/c1-4-7-10-13-16-18-20-22-24-26-28-30-32-33-34-35-36-37-38-39-40-41-43-44-46-48-50-52-54-56-58-61-64-67-73(76)79-70-71(69-78-72(75)66-63-60-15-12-9-6-3)80-74(77)68-65-62-59-57-55-53-51-49-47-45-42-31-29-27-25-23-21-19-17-14-11-8-5-2/h7-8,10-11,16-19,22-25,28-31,45,47,71H,4-6,9,12-15,20-21,26-27,32-44,46,48-70H2,1-3H3/b10-7-,11-8-,18-16-,19-17-,24-22-,25-23-,30-28-,31-29-,47-45-. The summed E-state index contributed by atoms with van der Waals surface area (Å²) in [6.45, 7) is 6.37. The third kappa shape index (κ3) is 64.9. The Morgan fingerprint density at radius 1 is 0.263 bits per heavy atom. The van der Waals surface area contributed by atoms with E-state index in [1.165, 1.54) is 161 Å². The quantitative estimate of drug-likeness (QED) is 0.0261. The Morgan fingerprint density at radius 3 is 0.762 bits per heavy atom. The molecule has 0 heterocycles. The van der Waals surface area contributed by atoms with Crippen LogP contribution in [0, 0.1) is 0 Å². The third-order valence-electron chi connectivity index (χ3n) is 14.5. The lowest BCUT2D eigenvalue weighted by molar-refractivity contribution is -0.167. The molecule has 0 spiro atoms. The molecule has 0 aliphatic carbocycles. The molecule has 6 heteroatoms. The van der Waals surface area contributed by atoms with E-state index in [0.717, 1.165) is 122 Å². The first-order valence-corrected chi connectivity index (χ1v) is 33.9. The van der Waals surface area contributed by atoms with Gasteiger partial charge in [0.1, 0.15) is 13.2 Å². The Labute approximate surface area is 495 Å². The van der Waals surface area contributed by atoms with Crippen molar-refractivity contribution in [1.29, 1.82) is 0 Å². The van der Waals surface area contributed by atoms with E-state index >= 15 is 0 Å². The molecule has 1 unspecified atom stereocenters. The molecule has 0 aliphatic heterocycles. The number of rotatable bonds is 61. The fourth-order valence-corrected chi connectivity index (χ4v) is 9.52. The second kappa shape index (κ2) is 67.6. The van der Waals surface area contributed by atoms with Crippen molar-refractivity contribution in [2.75, 3.05) is 13.2 Å². The van der Waals surface area contributed by atoms with E-state index in [4.69, 9.17) is 14.2 Å². The minimum Gasteiger partial charge on any atom is -0.462 e. The van der Waals surface area contributed by atoms with Gasteiger partial charge in [0.2, 0.25) is 0 Å². The Hall–Kier alpha value is -3.93. The summed E-state index contributed by atoms with van der Waals surface area (Å²) < 4.78 is 16.8. The van der Waals surface area contributed by atoms with Gasteiger partial charge >= 0.3 is 17.9 Å². The monoisotopic (exact) mass is 1110 g/mol. The SMILES string of the molecule is CC/C=C\C/C=C\C/C=C\C/C=C\C/C=C\CCCCCCCCCC(=O)OC(COC(=O)CCCCCCCC)COC(=O)CCCCCCCCCCCCCCCCCCCCCC/C=C\C/C=C\C/C=C\C/C=C\CC. The van der Waals surface area contributed by atoms with E-state index in [9.17, 15) is 14.4 Å². The van der Waals surface area contributed by atoms with Crippen LogP contribution in [-0.4, -0.2) is 37.2 Å². The first-order valence-electron chi connectivity index (χ1n) is 33.9. The van der Waals surface area contributed by atoms with Crippen LogP contribution in [0.15, 0.2) is 109 Å². The summed E-state index contributed by atoms with van der Waals surface area (Å²) in [4.78, 5) is 38.1. The van der Waals surface area contributed by atoms with Gasteiger partial charge in [-0.2, -0.15) is 0 Å². The van der Waals surface area contributed by atoms with Gasteiger partial charge in [0.05, 0.1) is 0 Å². The van der Waals surface area contributed by atoms with Crippen molar-refractivity contribution in [2.24, 2.45) is 0 Å². The van der Waals surface area contributed by atoms with Crippen LogP contribution in [0.3, 0.4) is 0 Å². The van der Waals surface area contributed by atoms with E-state index in [1.807, 2.05) is 0 Å². The molecule has 0 saturated heterocycles. The van der Waals surface area contributed by atoms with Gasteiger partial charge in [-0.3, -0.25) is 14.4 Å². The Bertz CT molecular complexity index is 1610. The summed E-state index contributed by atoms with van der Waals surface area (Å²) in [5.74, 6) is -0.890. The maximum atomic E-state index is 12.9. The zero-order valence-corrected chi connectivity index (χ0v) is 52.6. The van der Waals surface area contributed by atoms with Crippen molar-refractivity contribution >= 4 is 17.9 Å². The van der Waals surface area contributed by atoms with Crippen LogP contribution in [0.2, 0.25) is 0 Å². The average molecular weight is 1110 g/mol. The average Bonchev–Trinajstić information content (AvgIpc) is 3.46. The highest BCUT2D eigenvalue weighted by Gasteiger charge is 2.19. The lowest BCUT2D eigenvalue weighted by Gasteiger charge is -2.18. The van der Waals surface area contributed by atoms with Gasteiger partial charge < -0.3 is 14.2 Å². The molecule has 0 aliphatic rings. The number of unbranched alkanes of at least 4 members (excludes halogenated alkanes) is 32. The van der Waals surface area contributed by atoms with Crippen LogP contribution in [0.5, 0.6) is 0 Å². The number of carbonyl (C=O) groups is 3. The van der Waals surface area contributed by atoms with Crippen molar-refractivity contribution < 1.29 is 28.6 Å². The van der Waals surface area contributed by atoms with E-state index in [1.54, 1.807) is 0 Å². The van der Waals surface area contributed by atoms with Crippen LogP contribution >= 0.6 is 0 Å². The van der Waals surface area contributed by atoms with Crippen molar-refractivity contribution in [3.05, 3.63) is 109 Å². The number of hydrogen-bond acceptors (Lipinski definition) is 6. The number of allylic oxidation sites excluding steroid dienone is 18. The fraction of sp³-hybridized carbons (Fsp3) is 0.716. The Kier molecular flexibility index (Phi) is 64.3. The molecule has 458 valence electrons. The molecule has 0 fully saturated rings. The summed E-state index contributed by atoms with van der Waals surface area (Å²) in [7, 11) is 0. The fourth-order valence-electron chi connectivity index (χ4n) is 9.52. The number of esters is 3. The first kappa shape index (κ1) is 76.1. The van der Waals surface area contributed by atoms with Gasteiger partial charge in [0.15, 0.2) is 6.10 Å². The van der Waals surface area contributed by atoms with Gasteiger partial charge in [-0.15, -0.1) is 0 Å². The second-order valence-corrected chi connectivity index (χ2v) is 22.3. The molecule has 0 N–H and O–H groups in total. The number of carbonyl (C=O) groups excluding carboxylic acids is 3. The van der Waals surface area contributed by atoms with E-state index < -0.39 is 6.10 Å². The molecule has 0 saturated carbocycles. The molecule has 1 atom stereocenters. The lowest BCUT2D eigenvalue weighted by Crippen LogP contribution is -2.30. The van der Waals surface area contributed by atoms with Gasteiger partial charge in [0, 0.05) is 19.3 Å². The summed E-state index contributed by atoms with van der Waals surface area (Å²) in [6.07, 6.45) is 93.0. The maximum Gasteiger partial charge on any atom is 0.306 e. The molecular weight excluding hydrogens is 985 g/mol. The van der Waals surface area contributed by atoms with Gasteiger partial charge in [0.25, 0.3) is 0 Å². The van der Waals surface area contributed by atoms with Crippen LogP contribution in [0.1, 0.15) is 323 Å². The molecule has 80 heavy (non-hydrogen) atoms. The zero-order chi connectivity index (χ0) is 57.8. The maximum absolute atomic E-state index is 12.9. The highest BCUT2D eigenvalue weighted by molar-refractivity contribution is 5.71. The predicted molar refractivity (Wildman–Crippen MR) is 348 cm³/mol. The van der Waals surface area contributed by atoms with E-state index in [0.29, 0.717) is 19.3 Å². The lowest BCUT2D eigenvalue weighted by atomic mass is 10.0. The highest BCUT2D eigenvalue weighted by Crippen LogP contribution is 2.17. The highest BCUT2D eigenvalue weighted by atomic mass is 16.6. The third-order valence-corrected chi connectivity index (χ3v) is 14.5. The summed E-state index contributed by atoms with van der Waals surface area (Å²) in [6, 6.07) is 0. The van der Waals surface area contributed by atoms with Crippen molar-refractivity contribution in [3.63, 3.8) is 0 Å². The van der Waals surface area contributed by atoms with Crippen molar-refractivity contribution in [2.45, 2.75) is 329 Å². The van der Waals surface area contributed by atoms with Gasteiger partial charge in [-0.1, -0.05) is 310 Å². The predicted octanol–water partition coefficient (Wildman–Crippen LogP) is 23.4. The molecule has 0 radical (unpaired) electrons. The normalized spacial score (nSPS) is 12.8. The summed E-state index contributed by atoms with van der Waals surface area (Å²) in [5.41, 5.74) is 0. The minimum absolute atomic E-state index is 0.0796. The van der Waals surface area contributed by atoms with Crippen molar-refractivity contribution in [1.82, 2.24) is 0 Å². The Morgan fingerprint density at radius 2 is 0.487 bits per heavy atom. The zero-order valence-electron chi connectivity index (χ0n) is 52.6. The second-order valence-electron chi connectivity index (χ2n) is 22.3. The van der Waals surface area contributed by atoms with Gasteiger partial charge in [-0.25, -0.2) is 0 Å². The minimum atomic E-state index is -0.781. The topological polar surface area (TPSA) is 78.9 Å². The van der Waals surface area contributed by atoms with E-state index in [2.05, 4.69) is 130 Å². The molecule has 6 nitrogen and oxygen atoms in total. The molecular formula is C74H126O6. The first-order chi connectivity index (χ1) is 39.5. The molecule has 0 amide bonds. The van der Waals surface area contributed by atoms with Crippen LogP contribution in [-0.2, 0) is 28.6 Å². The van der Waals surface area contributed by atoms with Crippen LogP contribution < -0.4 is 0 Å². The van der Waals surface area contributed by atoms with Gasteiger partial charge in [-0.05, 0) is 103 Å². The van der Waals surface area contributed by atoms with Crippen LogP contribution in [0.4, 0.5) is 0 Å². The Balaban J connectivity index is 4.02. The largest absolute Gasteiger partial charge is 0.462 e. The van der Waals surface area contributed by atoms with E-state index in [-0.39, 0.29) is 31.1 Å². The molecule has 0 aromatic carbocycles. The summed E-state index contributed by atoms with van der Waals surface area (Å²) >= 11 is 0. The molecule has 0 rings (SSSR count). The van der Waals surface area contributed by atoms with Crippen LogP contribution in [0.25, 0.3) is 0 Å². The smallest absolute Gasteiger partial charge is 0.306 e.